The highest BCUT2D eigenvalue weighted by Crippen LogP contribution is 2.14. The number of hydrogen-bond acceptors (Lipinski definition) is 3. The Morgan fingerprint density at radius 3 is 2.12 bits per heavy atom. The summed E-state index contributed by atoms with van der Waals surface area (Å²) in [7, 11) is 0. The highest BCUT2D eigenvalue weighted by molar-refractivity contribution is 5.92. The van der Waals surface area contributed by atoms with E-state index in [4.69, 9.17) is 0 Å². The largest absolute Gasteiger partial charge is 0.329 e. The van der Waals surface area contributed by atoms with E-state index in [1.165, 1.54) is 0 Å². The summed E-state index contributed by atoms with van der Waals surface area (Å²) in [6.07, 6.45) is 8.80. The Morgan fingerprint density at radius 1 is 0.969 bits per heavy atom. The fraction of sp³-hybridized carbons (Fsp3) is 0.346. The molecular weight excluding hydrogens is 400 g/mol. The summed E-state index contributed by atoms with van der Waals surface area (Å²) in [5, 5.41) is 0. The monoisotopic (exact) mass is 436 g/mol. The maximum Gasteiger partial charge on any atom is 0.243 e. The molecule has 0 unspecified atom stereocenters. The summed E-state index contributed by atoms with van der Waals surface area (Å²) in [5.74, 6) is -0.110. The summed E-state index contributed by atoms with van der Waals surface area (Å²) in [6, 6.07) is 9.70. The summed E-state index contributed by atoms with van der Waals surface area (Å²) >= 11 is 0. The molecular formula is C26H36N4O2. The number of piperazine rings is 1. The Bertz CT molecular complexity index is 900. The van der Waals surface area contributed by atoms with Crippen LogP contribution >= 0.6 is 0 Å². The van der Waals surface area contributed by atoms with E-state index in [0.29, 0.717) is 19.6 Å². The number of nitrogens with zero attached hydrogens (tertiary/aromatic N) is 4. The molecule has 1 aliphatic rings. The van der Waals surface area contributed by atoms with Gasteiger partial charge in [0.2, 0.25) is 11.8 Å². The molecule has 2 heterocycles. The summed E-state index contributed by atoms with van der Waals surface area (Å²) in [5.41, 5.74) is 2.87. The fourth-order valence-corrected chi connectivity index (χ4v) is 3.15. The van der Waals surface area contributed by atoms with Crippen LogP contribution in [-0.4, -0.2) is 44.3 Å². The van der Waals surface area contributed by atoms with Gasteiger partial charge in [0.25, 0.3) is 0 Å². The molecule has 0 bridgehead atoms. The second-order valence-corrected chi connectivity index (χ2v) is 6.68. The molecule has 3 rings (SSSR count). The van der Waals surface area contributed by atoms with Gasteiger partial charge in [0, 0.05) is 19.3 Å². The summed E-state index contributed by atoms with van der Waals surface area (Å²) in [4.78, 5) is 32.6. The van der Waals surface area contributed by atoms with Crippen molar-refractivity contribution in [3.8, 4) is 0 Å². The van der Waals surface area contributed by atoms with Gasteiger partial charge in [-0.15, -0.1) is 0 Å². The molecule has 0 saturated carbocycles. The Labute approximate surface area is 192 Å². The van der Waals surface area contributed by atoms with Crippen molar-refractivity contribution in [1.29, 1.82) is 0 Å². The first-order valence-corrected chi connectivity index (χ1v) is 11.1. The standard InChI is InChI=1S/C22H24N4O2.2C2H6/c1-3-8-18(4-2)12-26-17-23-11-20(26)14-25-16-21(27)24(15-22(25)28)13-19-9-6-5-7-10-19;2*1-2/h3-11,17H,1-2,12-16H2;2*1-2H3/b18-8+;;. The Hall–Kier alpha value is -3.41. The number of benzene rings is 1. The third-order valence-corrected chi connectivity index (χ3v) is 4.67. The first-order valence-electron chi connectivity index (χ1n) is 11.1. The maximum absolute atomic E-state index is 12.6. The number of amides is 2. The number of carbonyl (C=O) groups excluding carboxylic acids is 2. The number of hydrogen-bond donors (Lipinski definition) is 0. The van der Waals surface area contributed by atoms with Crippen molar-refractivity contribution < 1.29 is 9.59 Å². The third-order valence-electron chi connectivity index (χ3n) is 4.67. The predicted octanol–water partition coefficient (Wildman–Crippen LogP) is 4.60. The average Bonchev–Trinajstić information content (AvgIpc) is 3.26. The Kier molecular flexibility index (Phi) is 12.1. The lowest BCUT2D eigenvalue weighted by Gasteiger charge is -2.34. The minimum Gasteiger partial charge on any atom is -0.329 e. The zero-order valence-corrected chi connectivity index (χ0v) is 19.8. The number of aromatic nitrogens is 2. The van der Waals surface area contributed by atoms with Gasteiger partial charge in [0.15, 0.2) is 0 Å². The quantitative estimate of drug-likeness (QED) is 0.568. The number of carbonyl (C=O) groups is 2. The van der Waals surface area contributed by atoms with E-state index in [-0.39, 0.29) is 24.9 Å². The van der Waals surface area contributed by atoms with Crippen LogP contribution in [0.1, 0.15) is 39.0 Å². The topological polar surface area (TPSA) is 58.4 Å². The van der Waals surface area contributed by atoms with Crippen molar-refractivity contribution in [2.24, 2.45) is 0 Å². The summed E-state index contributed by atoms with van der Waals surface area (Å²) in [6.45, 7) is 17.1. The third kappa shape index (κ3) is 7.69. The van der Waals surface area contributed by atoms with Gasteiger partial charge >= 0.3 is 0 Å². The zero-order valence-electron chi connectivity index (χ0n) is 19.8. The minimum absolute atomic E-state index is 0.0483. The Morgan fingerprint density at radius 2 is 1.56 bits per heavy atom. The number of imidazole rings is 1. The first kappa shape index (κ1) is 26.6. The SMILES string of the molecule is C=C/C=C(\C=C)Cn1cncc1CN1CC(=O)N(Cc2ccccc2)CC1=O.CC.CC. The molecule has 1 aromatic carbocycles. The van der Waals surface area contributed by atoms with Crippen molar-refractivity contribution in [3.63, 3.8) is 0 Å². The number of rotatable bonds is 8. The van der Waals surface area contributed by atoms with Crippen LogP contribution in [0.4, 0.5) is 0 Å². The van der Waals surface area contributed by atoms with Crippen molar-refractivity contribution in [2.45, 2.75) is 47.3 Å². The van der Waals surface area contributed by atoms with Gasteiger partial charge < -0.3 is 14.4 Å². The van der Waals surface area contributed by atoms with E-state index in [2.05, 4.69) is 18.1 Å². The highest BCUT2D eigenvalue weighted by Gasteiger charge is 2.30. The predicted molar refractivity (Wildman–Crippen MR) is 131 cm³/mol. The lowest BCUT2D eigenvalue weighted by atomic mass is 10.2. The molecule has 6 nitrogen and oxygen atoms in total. The number of allylic oxidation sites excluding steroid dienone is 4. The normalized spacial score (nSPS) is 13.6. The Balaban J connectivity index is 0.00000121. The minimum atomic E-state index is -0.0612. The van der Waals surface area contributed by atoms with E-state index >= 15 is 0 Å². The van der Waals surface area contributed by atoms with Crippen molar-refractivity contribution in [3.05, 3.63) is 91.1 Å². The molecule has 0 N–H and O–H groups in total. The van der Waals surface area contributed by atoms with Gasteiger partial charge in [0.05, 0.1) is 18.6 Å². The van der Waals surface area contributed by atoms with Gasteiger partial charge in [-0.2, -0.15) is 0 Å². The average molecular weight is 437 g/mol. The molecule has 0 radical (unpaired) electrons. The fourth-order valence-electron chi connectivity index (χ4n) is 3.15. The van der Waals surface area contributed by atoms with Gasteiger partial charge in [-0.25, -0.2) is 4.98 Å². The molecule has 172 valence electrons. The molecule has 6 heteroatoms. The van der Waals surface area contributed by atoms with E-state index in [9.17, 15) is 9.59 Å². The van der Waals surface area contributed by atoms with Gasteiger partial charge in [-0.3, -0.25) is 9.59 Å². The summed E-state index contributed by atoms with van der Waals surface area (Å²) < 4.78 is 1.95. The molecule has 1 aromatic heterocycles. The van der Waals surface area contributed by atoms with Crippen LogP contribution in [0.3, 0.4) is 0 Å². The van der Waals surface area contributed by atoms with Crippen LogP contribution in [0.2, 0.25) is 0 Å². The maximum atomic E-state index is 12.6. The van der Waals surface area contributed by atoms with Crippen LogP contribution in [0.5, 0.6) is 0 Å². The van der Waals surface area contributed by atoms with Crippen LogP contribution in [-0.2, 0) is 29.2 Å². The molecule has 1 fully saturated rings. The second-order valence-electron chi connectivity index (χ2n) is 6.68. The van der Waals surface area contributed by atoms with Crippen molar-refractivity contribution in [1.82, 2.24) is 19.4 Å². The molecule has 2 amide bonds. The zero-order chi connectivity index (χ0) is 23.9. The van der Waals surface area contributed by atoms with Crippen LogP contribution in [0.15, 0.2) is 79.8 Å². The molecule has 0 spiro atoms. The highest BCUT2D eigenvalue weighted by atomic mass is 16.2. The lowest BCUT2D eigenvalue weighted by Crippen LogP contribution is -2.53. The van der Waals surface area contributed by atoms with Gasteiger partial charge in [-0.1, -0.05) is 89.4 Å². The molecule has 0 aliphatic carbocycles. The van der Waals surface area contributed by atoms with Crippen molar-refractivity contribution in [2.75, 3.05) is 13.1 Å². The van der Waals surface area contributed by atoms with Gasteiger partial charge in [-0.05, 0) is 11.1 Å². The van der Waals surface area contributed by atoms with E-state index in [0.717, 1.165) is 16.8 Å². The molecule has 2 aromatic rings. The first-order chi connectivity index (χ1) is 15.6. The van der Waals surface area contributed by atoms with E-state index in [1.54, 1.807) is 34.5 Å². The smallest absolute Gasteiger partial charge is 0.243 e. The van der Waals surface area contributed by atoms with Gasteiger partial charge in [0.1, 0.15) is 13.1 Å². The van der Waals surface area contributed by atoms with E-state index in [1.807, 2.05) is 68.7 Å². The molecule has 32 heavy (non-hydrogen) atoms. The van der Waals surface area contributed by atoms with E-state index < -0.39 is 0 Å². The van der Waals surface area contributed by atoms with Crippen LogP contribution in [0, 0.1) is 0 Å². The second kappa shape index (κ2) is 14.6. The van der Waals surface area contributed by atoms with Crippen LogP contribution in [0.25, 0.3) is 0 Å². The molecule has 0 atom stereocenters. The van der Waals surface area contributed by atoms with Crippen molar-refractivity contribution >= 4 is 11.8 Å². The van der Waals surface area contributed by atoms with Crippen LogP contribution < -0.4 is 0 Å². The molecule has 1 saturated heterocycles. The molecule has 1 aliphatic heterocycles. The lowest BCUT2D eigenvalue weighted by molar-refractivity contribution is -0.151.